The van der Waals surface area contributed by atoms with Crippen LogP contribution in [0.3, 0.4) is 0 Å². The zero-order valence-corrected chi connectivity index (χ0v) is 10.3. The molecule has 0 aliphatic carbocycles. The van der Waals surface area contributed by atoms with Crippen molar-refractivity contribution >= 4 is 11.3 Å². The molecule has 0 aliphatic rings. The first-order valence-electron chi connectivity index (χ1n) is 5.35. The summed E-state index contributed by atoms with van der Waals surface area (Å²) in [6, 6.07) is 5.95. The van der Waals surface area contributed by atoms with Crippen molar-refractivity contribution in [3.05, 3.63) is 57.3 Å². The number of hydrogen-bond donors (Lipinski definition) is 1. The van der Waals surface area contributed by atoms with E-state index in [0.717, 1.165) is 0 Å². The first kappa shape index (κ1) is 12.2. The number of nitrogens with one attached hydrogen (secondary N) is 1. The summed E-state index contributed by atoms with van der Waals surface area (Å²) >= 11 is 1.64. The predicted octanol–water partition coefficient (Wildman–Crippen LogP) is 3.62. The molecular weight excluding hydrogens is 240 g/mol. The van der Waals surface area contributed by atoms with Gasteiger partial charge in [0, 0.05) is 23.5 Å². The molecule has 0 unspecified atom stereocenters. The smallest absolute Gasteiger partial charge is 0.130 e. The van der Waals surface area contributed by atoms with Crippen molar-refractivity contribution in [2.45, 2.75) is 20.0 Å². The van der Waals surface area contributed by atoms with E-state index < -0.39 is 11.6 Å². The second-order valence-corrected chi connectivity index (χ2v) is 4.83. The lowest BCUT2D eigenvalue weighted by Crippen LogP contribution is -2.14. The van der Waals surface area contributed by atoms with Crippen LogP contribution in [0, 0.1) is 18.6 Å². The monoisotopic (exact) mass is 253 g/mol. The van der Waals surface area contributed by atoms with Gasteiger partial charge in [-0.2, -0.15) is 0 Å². The lowest BCUT2D eigenvalue weighted by atomic mass is 10.2. The Morgan fingerprint density at radius 1 is 1.12 bits per heavy atom. The SMILES string of the molecule is Cc1ccsc1CNCc1c(F)cccc1F. The Bertz CT molecular complexity index is 488. The van der Waals surface area contributed by atoms with Gasteiger partial charge in [-0.3, -0.25) is 0 Å². The summed E-state index contributed by atoms with van der Waals surface area (Å²) in [4.78, 5) is 1.20. The number of rotatable bonds is 4. The fraction of sp³-hybridized carbons (Fsp3) is 0.231. The van der Waals surface area contributed by atoms with Gasteiger partial charge >= 0.3 is 0 Å². The van der Waals surface area contributed by atoms with Gasteiger partial charge in [0.15, 0.2) is 0 Å². The van der Waals surface area contributed by atoms with Gasteiger partial charge < -0.3 is 5.32 Å². The molecule has 2 rings (SSSR count). The minimum atomic E-state index is -0.500. The van der Waals surface area contributed by atoms with Crippen molar-refractivity contribution in [3.8, 4) is 0 Å². The molecule has 1 heterocycles. The van der Waals surface area contributed by atoms with E-state index in [0.29, 0.717) is 6.54 Å². The summed E-state index contributed by atoms with van der Waals surface area (Å²) in [6.45, 7) is 2.87. The average molecular weight is 253 g/mol. The number of thiophene rings is 1. The van der Waals surface area contributed by atoms with Crippen LogP contribution >= 0.6 is 11.3 Å². The number of benzene rings is 1. The average Bonchev–Trinajstić information content (AvgIpc) is 2.69. The van der Waals surface area contributed by atoms with E-state index in [9.17, 15) is 8.78 Å². The molecular formula is C13H13F2NS. The summed E-state index contributed by atoms with van der Waals surface area (Å²) < 4.78 is 26.6. The Kier molecular flexibility index (Phi) is 3.86. The van der Waals surface area contributed by atoms with E-state index in [1.165, 1.54) is 28.6 Å². The van der Waals surface area contributed by atoms with E-state index in [1.54, 1.807) is 11.3 Å². The Hall–Kier alpha value is -1.26. The van der Waals surface area contributed by atoms with Crippen LogP contribution in [0.5, 0.6) is 0 Å². The van der Waals surface area contributed by atoms with Gasteiger partial charge in [-0.1, -0.05) is 6.07 Å². The molecule has 2 aromatic rings. The third-order valence-corrected chi connectivity index (χ3v) is 3.64. The van der Waals surface area contributed by atoms with Gasteiger partial charge in [0.25, 0.3) is 0 Å². The molecule has 0 spiro atoms. The zero-order chi connectivity index (χ0) is 12.3. The Morgan fingerprint density at radius 2 is 1.82 bits per heavy atom. The van der Waals surface area contributed by atoms with Crippen molar-refractivity contribution in [3.63, 3.8) is 0 Å². The fourth-order valence-electron chi connectivity index (χ4n) is 1.59. The van der Waals surface area contributed by atoms with E-state index >= 15 is 0 Å². The molecule has 0 saturated carbocycles. The first-order chi connectivity index (χ1) is 8.18. The van der Waals surface area contributed by atoms with Gasteiger partial charge in [0.2, 0.25) is 0 Å². The summed E-state index contributed by atoms with van der Waals surface area (Å²) in [5, 5.41) is 5.07. The second-order valence-electron chi connectivity index (χ2n) is 3.83. The Balaban J connectivity index is 1.97. The molecule has 1 nitrogen and oxygen atoms in total. The fourth-order valence-corrected chi connectivity index (χ4v) is 2.46. The summed E-state index contributed by atoms with van der Waals surface area (Å²) in [5.74, 6) is -0.999. The van der Waals surface area contributed by atoms with Gasteiger partial charge in [-0.05, 0) is 36.1 Å². The van der Waals surface area contributed by atoms with Crippen molar-refractivity contribution in [2.24, 2.45) is 0 Å². The van der Waals surface area contributed by atoms with Crippen LogP contribution in [0.25, 0.3) is 0 Å². The van der Waals surface area contributed by atoms with E-state index in [2.05, 4.69) is 5.32 Å². The molecule has 90 valence electrons. The largest absolute Gasteiger partial charge is 0.308 e. The molecule has 1 N–H and O–H groups in total. The van der Waals surface area contributed by atoms with Crippen LogP contribution < -0.4 is 5.32 Å². The van der Waals surface area contributed by atoms with Gasteiger partial charge in [0.1, 0.15) is 11.6 Å². The number of halogens is 2. The molecule has 0 atom stereocenters. The highest BCUT2D eigenvalue weighted by molar-refractivity contribution is 7.10. The maximum Gasteiger partial charge on any atom is 0.130 e. The highest BCUT2D eigenvalue weighted by Gasteiger charge is 2.07. The molecule has 4 heteroatoms. The first-order valence-corrected chi connectivity index (χ1v) is 6.23. The topological polar surface area (TPSA) is 12.0 Å². The zero-order valence-electron chi connectivity index (χ0n) is 9.47. The second kappa shape index (κ2) is 5.38. The van der Waals surface area contributed by atoms with Gasteiger partial charge in [-0.15, -0.1) is 11.3 Å². The van der Waals surface area contributed by atoms with E-state index in [-0.39, 0.29) is 12.1 Å². The maximum absolute atomic E-state index is 13.3. The molecule has 0 bridgehead atoms. The van der Waals surface area contributed by atoms with Crippen LogP contribution in [-0.4, -0.2) is 0 Å². The Morgan fingerprint density at radius 3 is 2.41 bits per heavy atom. The van der Waals surface area contributed by atoms with Crippen molar-refractivity contribution in [1.82, 2.24) is 5.32 Å². The molecule has 0 aliphatic heterocycles. The van der Waals surface area contributed by atoms with Crippen LogP contribution in [0.15, 0.2) is 29.6 Å². The molecule has 1 aromatic carbocycles. The van der Waals surface area contributed by atoms with Crippen LogP contribution in [0.1, 0.15) is 16.0 Å². The van der Waals surface area contributed by atoms with Crippen molar-refractivity contribution in [2.75, 3.05) is 0 Å². The van der Waals surface area contributed by atoms with Crippen molar-refractivity contribution < 1.29 is 8.78 Å². The third-order valence-electron chi connectivity index (χ3n) is 2.62. The lowest BCUT2D eigenvalue weighted by molar-refractivity contribution is 0.536. The number of hydrogen-bond acceptors (Lipinski definition) is 2. The summed E-state index contributed by atoms with van der Waals surface area (Å²) in [6.07, 6.45) is 0. The molecule has 0 amide bonds. The summed E-state index contributed by atoms with van der Waals surface area (Å²) in [5.41, 5.74) is 1.30. The standard InChI is InChI=1S/C13H13F2NS/c1-9-5-6-17-13(9)8-16-7-10-11(14)3-2-4-12(10)15/h2-6,16H,7-8H2,1H3. The van der Waals surface area contributed by atoms with Crippen LogP contribution in [0.2, 0.25) is 0 Å². The highest BCUT2D eigenvalue weighted by Crippen LogP contribution is 2.16. The minimum absolute atomic E-state index is 0.0988. The quantitative estimate of drug-likeness (QED) is 0.877. The van der Waals surface area contributed by atoms with Gasteiger partial charge in [-0.25, -0.2) is 8.78 Å². The van der Waals surface area contributed by atoms with Crippen LogP contribution in [-0.2, 0) is 13.1 Å². The van der Waals surface area contributed by atoms with Gasteiger partial charge in [0.05, 0.1) is 0 Å². The number of aryl methyl sites for hydroxylation is 1. The molecule has 0 radical (unpaired) electrons. The third kappa shape index (κ3) is 2.90. The normalized spacial score (nSPS) is 10.8. The molecule has 0 fully saturated rings. The summed E-state index contributed by atoms with van der Waals surface area (Å²) in [7, 11) is 0. The predicted molar refractivity (Wildman–Crippen MR) is 66.0 cm³/mol. The van der Waals surface area contributed by atoms with Crippen LogP contribution in [0.4, 0.5) is 8.78 Å². The van der Waals surface area contributed by atoms with Crippen molar-refractivity contribution in [1.29, 1.82) is 0 Å². The molecule has 0 saturated heterocycles. The lowest BCUT2D eigenvalue weighted by Gasteiger charge is -2.06. The van der Waals surface area contributed by atoms with E-state index in [1.807, 2.05) is 18.4 Å². The Labute approximate surface area is 103 Å². The minimum Gasteiger partial charge on any atom is -0.308 e. The molecule has 17 heavy (non-hydrogen) atoms. The molecule has 1 aromatic heterocycles. The highest BCUT2D eigenvalue weighted by atomic mass is 32.1. The maximum atomic E-state index is 13.3. The van der Waals surface area contributed by atoms with E-state index in [4.69, 9.17) is 0 Å².